The smallest absolute Gasteiger partial charge is 0.0541 e. The lowest BCUT2D eigenvalue weighted by Crippen LogP contribution is -2.20. The van der Waals surface area contributed by atoms with Crippen molar-refractivity contribution in [2.45, 2.75) is 32.6 Å². The van der Waals surface area contributed by atoms with Crippen molar-refractivity contribution in [1.82, 2.24) is 4.57 Å². The molecule has 8 aromatic rings. The molecule has 0 radical (unpaired) electrons. The molecule has 2 aliphatic carbocycles. The van der Waals surface area contributed by atoms with Crippen LogP contribution in [0.2, 0.25) is 0 Å². The van der Waals surface area contributed by atoms with E-state index in [-0.39, 0.29) is 5.41 Å². The number of benzene rings is 7. The summed E-state index contributed by atoms with van der Waals surface area (Å²) in [6.07, 6.45) is 5.86. The highest BCUT2D eigenvalue weighted by atomic mass is 15.1. The third kappa shape index (κ3) is 5.24. The predicted molar refractivity (Wildman–Crippen MR) is 229 cm³/mol. The molecule has 1 aromatic heterocycles. The number of anilines is 3. The minimum Gasteiger partial charge on any atom is -0.310 e. The van der Waals surface area contributed by atoms with Gasteiger partial charge in [0.15, 0.2) is 0 Å². The van der Waals surface area contributed by atoms with Crippen LogP contribution in [-0.2, 0) is 5.41 Å². The predicted octanol–water partition coefficient (Wildman–Crippen LogP) is 14.2. The van der Waals surface area contributed by atoms with Crippen LogP contribution >= 0.6 is 0 Å². The van der Waals surface area contributed by atoms with Crippen LogP contribution in [0.4, 0.5) is 17.1 Å². The summed E-state index contributed by atoms with van der Waals surface area (Å²) >= 11 is 0. The summed E-state index contributed by atoms with van der Waals surface area (Å²) in [6, 6.07) is 62.2. The van der Waals surface area contributed by atoms with Crippen LogP contribution in [0, 0.1) is 5.92 Å². The Kier molecular flexibility index (Phi) is 7.56. The van der Waals surface area contributed by atoms with Gasteiger partial charge in [0, 0.05) is 38.9 Å². The number of nitrogens with zero attached hydrogens (tertiary/aromatic N) is 2. The van der Waals surface area contributed by atoms with Crippen molar-refractivity contribution in [3.63, 3.8) is 0 Å². The van der Waals surface area contributed by atoms with Gasteiger partial charge in [-0.15, -0.1) is 0 Å². The van der Waals surface area contributed by atoms with Gasteiger partial charge in [-0.1, -0.05) is 142 Å². The van der Waals surface area contributed by atoms with Gasteiger partial charge in [-0.2, -0.15) is 0 Å². The molecule has 7 aromatic carbocycles. The molecule has 0 amide bonds. The lowest BCUT2D eigenvalue weighted by molar-refractivity contribution is 0.566. The number of hydrogen-bond donors (Lipinski definition) is 0. The van der Waals surface area contributed by atoms with Crippen molar-refractivity contribution in [2.75, 3.05) is 4.90 Å². The summed E-state index contributed by atoms with van der Waals surface area (Å²) in [4.78, 5) is 2.40. The molecule has 1 atom stereocenters. The molecule has 2 heteroatoms. The van der Waals surface area contributed by atoms with Gasteiger partial charge < -0.3 is 9.47 Å². The fourth-order valence-corrected chi connectivity index (χ4v) is 8.98. The Morgan fingerprint density at radius 3 is 1.91 bits per heavy atom. The number of aromatic nitrogens is 1. The van der Waals surface area contributed by atoms with Crippen LogP contribution in [-0.4, -0.2) is 4.57 Å². The zero-order valence-corrected chi connectivity index (χ0v) is 31.0. The first-order chi connectivity index (χ1) is 26.4. The summed E-state index contributed by atoms with van der Waals surface area (Å²) in [5.41, 5.74) is 17.7. The average molecular weight is 695 g/mol. The van der Waals surface area contributed by atoms with Crippen molar-refractivity contribution >= 4 is 44.4 Å². The van der Waals surface area contributed by atoms with E-state index in [0.29, 0.717) is 5.92 Å². The van der Waals surface area contributed by atoms with Crippen molar-refractivity contribution in [1.29, 1.82) is 0 Å². The topological polar surface area (TPSA) is 8.17 Å². The Bertz CT molecular complexity index is 2750. The molecule has 2 aliphatic rings. The zero-order chi connectivity index (χ0) is 36.4. The molecule has 0 bridgehead atoms. The molecule has 0 saturated carbocycles. The fraction of sp³-hybridized carbons (Fsp3) is 0.115. The van der Waals surface area contributed by atoms with Crippen LogP contribution in [0.5, 0.6) is 0 Å². The van der Waals surface area contributed by atoms with Gasteiger partial charge in [-0.3, -0.25) is 0 Å². The molecule has 1 unspecified atom stereocenters. The largest absolute Gasteiger partial charge is 0.310 e. The standard InChI is InChI=1S/C52H42N2/c1-35-18-29-44-45-30-28-43(34-49(45)52(2,3)48(44)32-35)53(40-14-8-5-9-15-40)41-24-21-38(22-25-41)39-23-31-51-47(33-39)46-16-10-11-17-50(46)54(51)42-26-19-37(20-27-42)36-12-6-4-7-13-36/h4-31,33-35H,32H2,1-3H3. The molecule has 0 spiro atoms. The zero-order valence-electron chi connectivity index (χ0n) is 31.0. The van der Waals surface area contributed by atoms with E-state index in [4.69, 9.17) is 0 Å². The van der Waals surface area contributed by atoms with E-state index < -0.39 is 0 Å². The highest BCUT2D eigenvalue weighted by Gasteiger charge is 2.38. The third-order valence-electron chi connectivity index (χ3n) is 11.8. The maximum Gasteiger partial charge on any atom is 0.0541 e. The lowest BCUT2D eigenvalue weighted by Gasteiger charge is -2.30. The first-order valence-corrected chi connectivity index (χ1v) is 19.2. The fourth-order valence-electron chi connectivity index (χ4n) is 8.98. The Morgan fingerprint density at radius 1 is 0.537 bits per heavy atom. The maximum absolute atomic E-state index is 2.44. The second kappa shape index (κ2) is 12.6. The normalized spacial score (nSPS) is 15.8. The number of fused-ring (bicyclic) bond motifs is 5. The van der Waals surface area contributed by atoms with Crippen molar-refractivity contribution < 1.29 is 0 Å². The van der Waals surface area contributed by atoms with Crippen LogP contribution in [0.3, 0.4) is 0 Å². The second-order valence-electron chi connectivity index (χ2n) is 15.5. The molecule has 0 saturated heterocycles. The third-order valence-corrected chi connectivity index (χ3v) is 11.8. The van der Waals surface area contributed by atoms with E-state index in [1.54, 1.807) is 5.57 Å². The Morgan fingerprint density at radius 2 is 1.13 bits per heavy atom. The van der Waals surface area contributed by atoms with Gasteiger partial charge in [-0.05, 0) is 118 Å². The van der Waals surface area contributed by atoms with Crippen LogP contribution in [0.1, 0.15) is 38.3 Å². The van der Waals surface area contributed by atoms with E-state index in [0.717, 1.165) is 23.5 Å². The van der Waals surface area contributed by atoms with E-state index in [1.165, 1.54) is 66.4 Å². The van der Waals surface area contributed by atoms with E-state index in [1.807, 2.05) is 0 Å². The van der Waals surface area contributed by atoms with Crippen molar-refractivity contribution in [3.8, 4) is 27.9 Å². The molecule has 10 rings (SSSR count). The van der Waals surface area contributed by atoms with E-state index >= 15 is 0 Å². The molecule has 54 heavy (non-hydrogen) atoms. The van der Waals surface area contributed by atoms with Crippen LogP contribution in [0.25, 0.3) is 55.3 Å². The molecular weight excluding hydrogens is 653 g/mol. The minimum atomic E-state index is -0.000702. The molecule has 0 N–H and O–H groups in total. The van der Waals surface area contributed by atoms with Crippen LogP contribution < -0.4 is 4.90 Å². The van der Waals surface area contributed by atoms with E-state index in [2.05, 4.69) is 212 Å². The summed E-state index contributed by atoms with van der Waals surface area (Å²) in [5.74, 6) is 0.577. The quantitative estimate of drug-likeness (QED) is 0.168. The van der Waals surface area contributed by atoms with Gasteiger partial charge in [0.2, 0.25) is 0 Å². The van der Waals surface area contributed by atoms with Crippen molar-refractivity contribution in [3.05, 3.63) is 199 Å². The number of rotatable bonds is 6. The molecule has 260 valence electrons. The number of allylic oxidation sites excluding steroid dienone is 4. The van der Waals surface area contributed by atoms with Gasteiger partial charge >= 0.3 is 0 Å². The summed E-state index contributed by atoms with van der Waals surface area (Å²) < 4.78 is 2.39. The van der Waals surface area contributed by atoms with Gasteiger partial charge in [0.05, 0.1) is 11.0 Å². The van der Waals surface area contributed by atoms with E-state index in [9.17, 15) is 0 Å². The van der Waals surface area contributed by atoms with Gasteiger partial charge in [0.25, 0.3) is 0 Å². The van der Waals surface area contributed by atoms with Gasteiger partial charge in [0.1, 0.15) is 0 Å². The lowest BCUT2D eigenvalue weighted by atomic mass is 9.76. The summed E-state index contributed by atoms with van der Waals surface area (Å²) in [5, 5.41) is 2.51. The Hall–Kier alpha value is -6.38. The first kappa shape index (κ1) is 32.3. The number of para-hydroxylation sites is 2. The second-order valence-corrected chi connectivity index (χ2v) is 15.5. The molecular formula is C52H42N2. The minimum absolute atomic E-state index is 0.000702. The Labute approximate surface area is 318 Å². The first-order valence-electron chi connectivity index (χ1n) is 19.2. The molecule has 1 heterocycles. The average Bonchev–Trinajstić information content (AvgIpc) is 3.66. The maximum atomic E-state index is 2.44. The molecule has 0 fully saturated rings. The summed E-state index contributed by atoms with van der Waals surface area (Å²) in [7, 11) is 0. The number of hydrogen-bond acceptors (Lipinski definition) is 1. The highest BCUT2D eigenvalue weighted by molar-refractivity contribution is 6.10. The monoisotopic (exact) mass is 694 g/mol. The van der Waals surface area contributed by atoms with Gasteiger partial charge in [-0.25, -0.2) is 0 Å². The van der Waals surface area contributed by atoms with Crippen molar-refractivity contribution in [2.24, 2.45) is 5.92 Å². The molecule has 0 aliphatic heterocycles. The van der Waals surface area contributed by atoms with Crippen LogP contribution in [0.15, 0.2) is 188 Å². The Balaban J connectivity index is 1.02. The highest BCUT2D eigenvalue weighted by Crippen LogP contribution is 2.52. The summed E-state index contributed by atoms with van der Waals surface area (Å²) in [6.45, 7) is 7.14. The SMILES string of the molecule is CC1C=CC2=C(C1)C(C)(C)c1cc(N(c3ccccc3)c3ccc(-c4ccc5c(c4)c4ccccc4n5-c4ccc(-c5ccccc5)cc4)cc3)ccc12. The molecule has 2 nitrogen and oxygen atoms in total.